The van der Waals surface area contributed by atoms with Crippen molar-refractivity contribution in [2.45, 2.75) is 31.2 Å². The Labute approximate surface area is 177 Å². The monoisotopic (exact) mass is 409 g/mol. The predicted molar refractivity (Wildman–Crippen MR) is 116 cm³/mol. The summed E-state index contributed by atoms with van der Waals surface area (Å²) in [6.07, 6.45) is 5.37. The fourth-order valence-corrected chi connectivity index (χ4v) is 5.21. The SMILES string of the molecule is O=c1ccc([C@@H]2CN3CCC[C@@H]3c3cc(OCCCN4CCOCC4)ccc32)c[nH]1. The maximum Gasteiger partial charge on any atom is 0.247 e. The number of pyridine rings is 1. The normalized spacial score (nSPS) is 24.4. The van der Waals surface area contributed by atoms with E-state index >= 15 is 0 Å². The fraction of sp³-hybridized carbons (Fsp3) is 0.542. The molecule has 2 saturated heterocycles. The van der Waals surface area contributed by atoms with Crippen molar-refractivity contribution in [1.29, 1.82) is 0 Å². The highest BCUT2D eigenvalue weighted by molar-refractivity contribution is 5.46. The van der Waals surface area contributed by atoms with E-state index < -0.39 is 0 Å². The lowest BCUT2D eigenvalue weighted by molar-refractivity contribution is 0.0358. The number of ether oxygens (including phenoxy) is 2. The smallest absolute Gasteiger partial charge is 0.247 e. The number of aromatic amines is 1. The number of fused-ring (bicyclic) bond motifs is 3. The van der Waals surface area contributed by atoms with Crippen LogP contribution in [-0.2, 0) is 4.74 Å². The summed E-state index contributed by atoms with van der Waals surface area (Å²) in [4.78, 5) is 19.4. The van der Waals surface area contributed by atoms with Crippen LogP contribution in [0.5, 0.6) is 5.75 Å². The Hall–Kier alpha value is -2.15. The zero-order valence-corrected chi connectivity index (χ0v) is 17.5. The van der Waals surface area contributed by atoms with Gasteiger partial charge in [0.15, 0.2) is 0 Å². The third-order valence-corrected chi connectivity index (χ3v) is 6.78. The molecule has 2 aromatic rings. The molecule has 3 aliphatic rings. The number of aromatic nitrogens is 1. The summed E-state index contributed by atoms with van der Waals surface area (Å²) in [7, 11) is 0. The van der Waals surface area contributed by atoms with Crippen molar-refractivity contribution in [3.8, 4) is 5.75 Å². The molecule has 6 nitrogen and oxygen atoms in total. The van der Waals surface area contributed by atoms with Crippen molar-refractivity contribution in [2.75, 3.05) is 52.5 Å². The number of rotatable bonds is 6. The zero-order chi connectivity index (χ0) is 20.3. The standard InChI is InChI=1S/C24H31N3O3/c28-24-7-4-18(16-25-24)22-17-27-9-1-3-23(27)21-15-19(5-6-20(21)22)30-12-2-8-26-10-13-29-14-11-26/h4-7,15-16,22-23H,1-3,8-14,17H2,(H,25,28)/t22-,23+/m0/s1. The summed E-state index contributed by atoms with van der Waals surface area (Å²) in [6, 6.07) is 10.7. The van der Waals surface area contributed by atoms with Gasteiger partial charge < -0.3 is 14.5 Å². The summed E-state index contributed by atoms with van der Waals surface area (Å²) >= 11 is 0. The van der Waals surface area contributed by atoms with E-state index in [0.717, 1.165) is 64.7 Å². The largest absolute Gasteiger partial charge is 0.494 e. The van der Waals surface area contributed by atoms with Gasteiger partial charge in [-0.25, -0.2) is 0 Å². The van der Waals surface area contributed by atoms with Crippen LogP contribution in [0.3, 0.4) is 0 Å². The van der Waals surface area contributed by atoms with Crippen LogP contribution in [0.4, 0.5) is 0 Å². The maximum absolute atomic E-state index is 11.5. The Morgan fingerprint density at radius 3 is 2.83 bits per heavy atom. The molecule has 0 unspecified atom stereocenters. The lowest BCUT2D eigenvalue weighted by Crippen LogP contribution is -2.37. The zero-order valence-electron chi connectivity index (χ0n) is 17.5. The Balaban J connectivity index is 1.30. The van der Waals surface area contributed by atoms with E-state index in [0.29, 0.717) is 12.0 Å². The molecule has 5 rings (SSSR count). The van der Waals surface area contributed by atoms with Crippen molar-refractivity contribution in [3.63, 3.8) is 0 Å². The Morgan fingerprint density at radius 1 is 1.10 bits per heavy atom. The van der Waals surface area contributed by atoms with Crippen LogP contribution >= 0.6 is 0 Å². The van der Waals surface area contributed by atoms with Gasteiger partial charge >= 0.3 is 0 Å². The summed E-state index contributed by atoms with van der Waals surface area (Å²) < 4.78 is 11.6. The summed E-state index contributed by atoms with van der Waals surface area (Å²) in [5.41, 5.74) is 3.92. The molecule has 0 spiro atoms. The summed E-state index contributed by atoms with van der Waals surface area (Å²) in [6.45, 7) is 7.73. The van der Waals surface area contributed by atoms with Crippen molar-refractivity contribution >= 4 is 0 Å². The van der Waals surface area contributed by atoms with E-state index in [1.165, 1.54) is 29.5 Å². The van der Waals surface area contributed by atoms with E-state index in [4.69, 9.17) is 9.47 Å². The number of morpholine rings is 1. The topological polar surface area (TPSA) is 57.8 Å². The van der Waals surface area contributed by atoms with Gasteiger partial charge in [-0.15, -0.1) is 0 Å². The van der Waals surface area contributed by atoms with Crippen LogP contribution < -0.4 is 10.3 Å². The Morgan fingerprint density at radius 2 is 2.00 bits per heavy atom. The number of benzene rings is 1. The molecule has 0 amide bonds. The van der Waals surface area contributed by atoms with E-state index in [2.05, 4.69) is 33.0 Å². The molecule has 160 valence electrons. The van der Waals surface area contributed by atoms with Crippen LogP contribution in [0.1, 0.15) is 47.9 Å². The van der Waals surface area contributed by atoms with Gasteiger partial charge in [0.1, 0.15) is 5.75 Å². The molecule has 0 aliphatic carbocycles. The predicted octanol–water partition coefficient (Wildman–Crippen LogP) is 2.76. The minimum atomic E-state index is -0.0466. The lowest BCUT2D eigenvalue weighted by Gasteiger charge is -2.37. The second kappa shape index (κ2) is 8.92. The molecule has 6 heteroatoms. The van der Waals surface area contributed by atoms with Gasteiger partial charge in [-0.3, -0.25) is 14.6 Å². The quantitative estimate of drug-likeness (QED) is 0.744. The van der Waals surface area contributed by atoms with Gasteiger partial charge in [-0.05, 0) is 54.6 Å². The van der Waals surface area contributed by atoms with Gasteiger partial charge in [0.2, 0.25) is 5.56 Å². The van der Waals surface area contributed by atoms with Crippen LogP contribution in [0.2, 0.25) is 0 Å². The van der Waals surface area contributed by atoms with Crippen molar-refractivity contribution < 1.29 is 9.47 Å². The highest BCUT2D eigenvalue weighted by Gasteiger charge is 2.36. The first-order valence-electron chi connectivity index (χ1n) is 11.3. The minimum absolute atomic E-state index is 0.0466. The van der Waals surface area contributed by atoms with Gasteiger partial charge in [0, 0.05) is 50.4 Å². The van der Waals surface area contributed by atoms with Crippen LogP contribution in [0.25, 0.3) is 0 Å². The molecule has 0 radical (unpaired) electrons. The number of nitrogens with one attached hydrogen (secondary N) is 1. The number of hydrogen-bond acceptors (Lipinski definition) is 5. The first-order chi connectivity index (χ1) is 14.8. The van der Waals surface area contributed by atoms with Crippen LogP contribution in [0.15, 0.2) is 41.3 Å². The van der Waals surface area contributed by atoms with Gasteiger partial charge in [0.25, 0.3) is 0 Å². The molecule has 2 atom stereocenters. The first kappa shape index (κ1) is 19.8. The van der Waals surface area contributed by atoms with Crippen molar-refractivity contribution in [2.24, 2.45) is 0 Å². The molecule has 30 heavy (non-hydrogen) atoms. The van der Waals surface area contributed by atoms with Gasteiger partial charge in [-0.1, -0.05) is 12.1 Å². The van der Waals surface area contributed by atoms with Crippen LogP contribution in [0, 0.1) is 0 Å². The van der Waals surface area contributed by atoms with Crippen molar-refractivity contribution in [1.82, 2.24) is 14.8 Å². The maximum atomic E-state index is 11.5. The molecule has 1 aromatic carbocycles. The van der Waals surface area contributed by atoms with Crippen LogP contribution in [-0.4, -0.2) is 67.3 Å². The molecule has 3 aliphatic heterocycles. The number of hydrogen-bond donors (Lipinski definition) is 1. The third kappa shape index (κ3) is 4.17. The highest BCUT2D eigenvalue weighted by atomic mass is 16.5. The van der Waals surface area contributed by atoms with E-state index in [1.807, 2.05) is 12.3 Å². The average molecular weight is 410 g/mol. The molecular formula is C24H31N3O3. The summed E-state index contributed by atoms with van der Waals surface area (Å²) in [5, 5.41) is 0. The number of H-pyrrole nitrogens is 1. The molecule has 0 saturated carbocycles. The van der Waals surface area contributed by atoms with Crippen molar-refractivity contribution in [3.05, 3.63) is 63.6 Å². The fourth-order valence-electron chi connectivity index (χ4n) is 5.21. The Kier molecular flexibility index (Phi) is 5.88. The highest BCUT2D eigenvalue weighted by Crippen LogP contribution is 2.45. The average Bonchev–Trinajstić information content (AvgIpc) is 3.26. The number of nitrogens with zero attached hydrogens (tertiary/aromatic N) is 2. The molecular weight excluding hydrogens is 378 g/mol. The second-order valence-corrected chi connectivity index (χ2v) is 8.64. The van der Waals surface area contributed by atoms with Gasteiger partial charge in [-0.2, -0.15) is 0 Å². The molecule has 1 N–H and O–H groups in total. The second-order valence-electron chi connectivity index (χ2n) is 8.64. The molecule has 4 heterocycles. The van der Waals surface area contributed by atoms with Gasteiger partial charge in [0.05, 0.1) is 19.8 Å². The molecule has 1 aromatic heterocycles. The van der Waals surface area contributed by atoms with E-state index in [9.17, 15) is 4.79 Å². The molecule has 0 bridgehead atoms. The third-order valence-electron chi connectivity index (χ3n) is 6.78. The van der Waals surface area contributed by atoms with E-state index in [1.54, 1.807) is 6.07 Å². The Bertz CT molecular complexity index is 902. The lowest BCUT2D eigenvalue weighted by atomic mass is 9.82. The molecule has 2 fully saturated rings. The summed E-state index contributed by atoms with van der Waals surface area (Å²) in [5.74, 6) is 1.27. The van der Waals surface area contributed by atoms with E-state index in [-0.39, 0.29) is 5.56 Å². The minimum Gasteiger partial charge on any atom is -0.494 e. The first-order valence-corrected chi connectivity index (χ1v) is 11.3.